The van der Waals surface area contributed by atoms with E-state index in [9.17, 15) is 9.59 Å². The molecule has 0 saturated heterocycles. The number of nitrogens with one attached hydrogen (secondary N) is 1. The Kier molecular flexibility index (Phi) is 5.16. The molecular weight excluding hydrogens is 302 g/mol. The highest BCUT2D eigenvalue weighted by Gasteiger charge is 2.30. The van der Waals surface area contributed by atoms with Gasteiger partial charge in [-0.1, -0.05) is 30.8 Å². The molecular formula is C14H17N5O2S. The monoisotopic (exact) mass is 319 g/mol. The minimum atomic E-state index is -0.590. The SMILES string of the molecule is CCc1ccc(NC(=O)C[C@@H]2SC(N=C(N)N)=NC2=O)cc1. The summed E-state index contributed by atoms with van der Waals surface area (Å²) in [5.41, 5.74) is 12.4. The molecule has 0 aliphatic carbocycles. The van der Waals surface area contributed by atoms with E-state index in [1.54, 1.807) is 0 Å². The number of thioether (sulfide) groups is 1. The van der Waals surface area contributed by atoms with Crippen molar-refractivity contribution in [2.24, 2.45) is 21.5 Å². The third-order valence-electron chi connectivity index (χ3n) is 2.97. The number of aliphatic imine (C=N–C) groups is 2. The van der Waals surface area contributed by atoms with Crippen molar-refractivity contribution in [2.75, 3.05) is 5.32 Å². The largest absolute Gasteiger partial charge is 0.370 e. The summed E-state index contributed by atoms with van der Waals surface area (Å²) in [5, 5.41) is 2.36. The van der Waals surface area contributed by atoms with E-state index in [2.05, 4.69) is 22.2 Å². The van der Waals surface area contributed by atoms with Crippen molar-refractivity contribution in [3.05, 3.63) is 29.8 Å². The lowest BCUT2D eigenvalue weighted by atomic mass is 10.1. The Morgan fingerprint density at radius 1 is 1.36 bits per heavy atom. The summed E-state index contributed by atoms with van der Waals surface area (Å²) in [6.07, 6.45) is 0.957. The fourth-order valence-electron chi connectivity index (χ4n) is 1.87. The maximum Gasteiger partial charge on any atom is 0.262 e. The molecule has 0 fully saturated rings. The molecule has 1 aliphatic heterocycles. The first-order valence-electron chi connectivity index (χ1n) is 6.75. The summed E-state index contributed by atoms with van der Waals surface area (Å²) in [7, 11) is 0. The van der Waals surface area contributed by atoms with Gasteiger partial charge in [0.05, 0.1) is 0 Å². The van der Waals surface area contributed by atoms with Crippen LogP contribution >= 0.6 is 11.8 Å². The first kappa shape index (κ1) is 16.0. The highest BCUT2D eigenvalue weighted by molar-refractivity contribution is 8.15. The van der Waals surface area contributed by atoms with Crippen molar-refractivity contribution < 1.29 is 9.59 Å². The summed E-state index contributed by atoms with van der Waals surface area (Å²) in [4.78, 5) is 31.1. The van der Waals surface area contributed by atoms with Gasteiger partial charge in [-0.2, -0.15) is 9.98 Å². The molecule has 0 radical (unpaired) electrons. The van der Waals surface area contributed by atoms with Gasteiger partial charge in [-0.3, -0.25) is 9.59 Å². The van der Waals surface area contributed by atoms with Gasteiger partial charge in [-0.15, -0.1) is 0 Å². The normalized spacial score (nSPS) is 17.0. The number of benzene rings is 1. The van der Waals surface area contributed by atoms with E-state index < -0.39 is 11.2 Å². The number of amidine groups is 1. The average Bonchev–Trinajstić information content (AvgIpc) is 2.78. The van der Waals surface area contributed by atoms with Crippen molar-refractivity contribution >= 4 is 40.4 Å². The number of nitrogens with zero attached hydrogens (tertiary/aromatic N) is 2. The fraction of sp³-hybridized carbons (Fsp3) is 0.286. The first-order valence-corrected chi connectivity index (χ1v) is 7.63. The summed E-state index contributed by atoms with van der Waals surface area (Å²) >= 11 is 1.08. The number of hydrogen-bond acceptors (Lipinski definition) is 4. The van der Waals surface area contributed by atoms with E-state index in [0.29, 0.717) is 5.69 Å². The maximum absolute atomic E-state index is 12.0. The molecule has 1 aromatic rings. The van der Waals surface area contributed by atoms with Gasteiger partial charge in [-0.05, 0) is 24.1 Å². The number of hydrogen-bond donors (Lipinski definition) is 3. The Labute approximate surface area is 132 Å². The second-order valence-electron chi connectivity index (χ2n) is 4.68. The molecule has 1 atom stereocenters. The molecule has 0 unspecified atom stereocenters. The zero-order chi connectivity index (χ0) is 16.1. The Morgan fingerprint density at radius 3 is 2.64 bits per heavy atom. The first-order chi connectivity index (χ1) is 10.5. The highest BCUT2D eigenvalue weighted by atomic mass is 32.2. The fourth-order valence-corrected chi connectivity index (χ4v) is 2.81. The average molecular weight is 319 g/mol. The van der Waals surface area contributed by atoms with Crippen LogP contribution in [0.3, 0.4) is 0 Å². The Hall–Kier alpha value is -2.35. The molecule has 0 bridgehead atoms. The molecule has 116 valence electrons. The van der Waals surface area contributed by atoms with Crippen LogP contribution in [0.1, 0.15) is 18.9 Å². The molecule has 1 heterocycles. The quantitative estimate of drug-likeness (QED) is 0.561. The molecule has 1 aromatic carbocycles. The van der Waals surface area contributed by atoms with Crippen LogP contribution in [-0.2, 0) is 16.0 Å². The number of rotatable bonds is 4. The number of amides is 2. The summed E-state index contributed by atoms with van der Waals surface area (Å²) in [6, 6.07) is 7.57. The van der Waals surface area contributed by atoms with Crippen molar-refractivity contribution in [3.8, 4) is 0 Å². The van der Waals surface area contributed by atoms with Gasteiger partial charge in [0.1, 0.15) is 5.25 Å². The van der Waals surface area contributed by atoms with Gasteiger partial charge in [0.15, 0.2) is 11.1 Å². The third kappa shape index (κ3) is 4.32. The van der Waals surface area contributed by atoms with Crippen molar-refractivity contribution in [1.29, 1.82) is 0 Å². The molecule has 0 aromatic heterocycles. The van der Waals surface area contributed by atoms with Crippen LogP contribution in [0.25, 0.3) is 0 Å². The van der Waals surface area contributed by atoms with Crippen molar-refractivity contribution in [3.63, 3.8) is 0 Å². The van der Waals surface area contributed by atoms with Crippen LogP contribution in [0.2, 0.25) is 0 Å². The van der Waals surface area contributed by atoms with Crippen LogP contribution in [-0.4, -0.2) is 28.2 Å². The van der Waals surface area contributed by atoms with Crippen molar-refractivity contribution in [1.82, 2.24) is 0 Å². The zero-order valence-corrected chi connectivity index (χ0v) is 12.9. The summed E-state index contributed by atoms with van der Waals surface area (Å²) < 4.78 is 0. The van der Waals surface area contributed by atoms with Gasteiger partial charge >= 0.3 is 0 Å². The molecule has 0 spiro atoms. The predicted molar refractivity (Wildman–Crippen MR) is 88.7 cm³/mol. The van der Waals surface area contributed by atoms with E-state index in [-0.39, 0.29) is 23.5 Å². The second kappa shape index (κ2) is 7.08. The van der Waals surface area contributed by atoms with E-state index in [4.69, 9.17) is 11.5 Å². The van der Waals surface area contributed by atoms with Gasteiger partial charge in [0.25, 0.3) is 5.91 Å². The lowest BCUT2D eigenvalue weighted by Gasteiger charge is -2.08. The molecule has 2 rings (SSSR count). The summed E-state index contributed by atoms with van der Waals surface area (Å²) in [6.45, 7) is 2.06. The van der Waals surface area contributed by atoms with Crippen LogP contribution in [0.5, 0.6) is 0 Å². The number of anilines is 1. The van der Waals surface area contributed by atoms with Crippen LogP contribution in [0.4, 0.5) is 5.69 Å². The Morgan fingerprint density at radius 2 is 2.05 bits per heavy atom. The van der Waals surface area contributed by atoms with E-state index in [0.717, 1.165) is 18.2 Å². The minimum absolute atomic E-state index is 0.0199. The predicted octanol–water partition coefficient (Wildman–Crippen LogP) is 0.849. The summed E-state index contributed by atoms with van der Waals surface area (Å²) in [5.74, 6) is -0.821. The standard InChI is InChI=1S/C14H17N5O2S/c1-2-8-3-5-9(6-4-8)17-11(20)7-10-12(21)18-14(22-10)19-13(15)16/h3-6,10H,2,7H2,1H3,(H,17,20)(H4,15,16,18,19,21)/t10-/m0/s1. The molecule has 2 amide bonds. The van der Waals surface area contributed by atoms with E-state index in [1.165, 1.54) is 5.56 Å². The van der Waals surface area contributed by atoms with Crippen molar-refractivity contribution in [2.45, 2.75) is 25.0 Å². The number of carbonyl (C=O) groups excluding carboxylic acids is 2. The molecule has 5 N–H and O–H groups in total. The second-order valence-corrected chi connectivity index (χ2v) is 5.85. The van der Waals surface area contributed by atoms with Gasteiger partial charge in [0.2, 0.25) is 5.91 Å². The Bertz CT molecular complexity index is 635. The third-order valence-corrected chi connectivity index (χ3v) is 4.02. The van der Waals surface area contributed by atoms with Crippen LogP contribution in [0, 0.1) is 0 Å². The molecule has 8 heteroatoms. The van der Waals surface area contributed by atoms with Gasteiger partial charge in [0, 0.05) is 12.1 Å². The molecule has 7 nitrogen and oxygen atoms in total. The lowest BCUT2D eigenvalue weighted by molar-refractivity contribution is -0.121. The molecule has 22 heavy (non-hydrogen) atoms. The molecule has 0 saturated carbocycles. The van der Waals surface area contributed by atoms with Gasteiger partial charge in [-0.25, -0.2) is 0 Å². The lowest BCUT2D eigenvalue weighted by Crippen LogP contribution is -2.23. The maximum atomic E-state index is 12.0. The van der Waals surface area contributed by atoms with E-state index in [1.807, 2.05) is 24.3 Å². The number of nitrogens with two attached hydrogens (primary N) is 2. The van der Waals surface area contributed by atoms with E-state index >= 15 is 0 Å². The van der Waals surface area contributed by atoms with Crippen LogP contribution < -0.4 is 16.8 Å². The van der Waals surface area contributed by atoms with Gasteiger partial charge < -0.3 is 16.8 Å². The van der Waals surface area contributed by atoms with Crippen LogP contribution in [0.15, 0.2) is 34.3 Å². The minimum Gasteiger partial charge on any atom is -0.370 e. The smallest absolute Gasteiger partial charge is 0.262 e. The highest BCUT2D eigenvalue weighted by Crippen LogP contribution is 2.26. The number of carbonyl (C=O) groups is 2. The zero-order valence-electron chi connectivity index (χ0n) is 12.1. The number of aryl methyl sites for hydroxylation is 1. The Balaban J connectivity index is 1.90. The topological polar surface area (TPSA) is 123 Å². The number of guanidine groups is 1. The molecule has 1 aliphatic rings.